The van der Waals surface area contributed by atoms with Gasteiger partial charge < -0.3 is 10.1 Å². The van der Waals surface area contributed by atoms with Gasteiger partial charge in [0.1, 0.15) is 10.7 Å². The maximum Gasteiger partial charge on any atom is 0.350 e. The van der Waals surface area contributed by atoms with Crippen molar-refractivity contribution in [2.75, 3.05) is 12.4 Å². The minimum atomic E-state index is -0.514. The summed E-state index contributed by atoms with van der Waals surface area (Å²) in [6, 6.07) is 8.63. The van der Waals surface area contributed by atoms with Crippen molar-refractivity contribution in [3.63, 3.8) is 0 Å². The lowest BCUT2D eigenvalue weighted by atomic mass is 10.3. The molecule has 9 heteroatoms. The van der Waals surface area contributed by atoms with Gasteiger partial charge in [0.15, 0.2) is 0 Å². The van der Waals surface area contributed by atoms with E-state index in [4.69, 9.17) is 11.6 Å². The molecule has 1 N–H and O–H groups in total. The molecule has 3 aromatic rings. The molecule has 2 heterocycles. The number of nitrogens with one attached hydrogen (secondary N) is 1. The predicted octanol–water partition coefficient (Wildman–Crippen LogP) is 3.33. The van der Waals surface area contributed by atoms with Gasteiger partial charge in [-0.15, -0.1) is 16.4 Å². The van der Waals surface area contributed by atoms with E-state index >= 15 is 0 Å². The Kier molecular flexibility index (Phi) is 4.82. The van der Waals surface area contributed by atoms with Gasteiger partial charge in [0.25, 0.3) is 5.91 Å². The molecule has 0 radical (unpaired) electrons. The number of carbonyl (C=O) groups is 2. The largest absolute Gasteiger partial charge is 0.465 e. The van der Waals surface area contributed by atoms with E-state index in [0.29, 0.717) is 21.4 Å². The third-order valence-electron chi connectivity index (χ3n) is 3.33. The molecule has 0 fully saturated rings. The highest BCUT2D eigenvalue weighted by atomic mass is 35.5. The Morgan fingerprint density at radius 1 is 1.24 bits per heavy atom. The number of aryl methyl sites for hydroxylation is 1. The maximum absolute atomic E-state index is 12.4. The number of nitrogens with zero attached hydrogens (tertiary/aromatic N) is 3. The van der Waals surface area contributed by atoms with Gasteiger partial charge in [-0.25, -0.2) is 14.5 Å². The molecule has 0 bridgehead atoms. The first kappa shape index (κ1) is 17.1. The van der Waals surface area contributed by atoms with Gasteiger partial charge in [0.05, 0.1) is 18.5 Å². The van der Waals surface area contributed by atoms with Gasteiger partial charge in [0, 0.05) is 5.02 Å². The highest BCUT2D eigenvalue weighted by molar-refractivity contribution is 7.12. The number of methoxy groups -OCH3 is 1. The molecule has 0 atom stereocenters. The molecule has 3 rings (SSSR count). The first-order valence-corrected chi connectivity index (χ1v) is 8.42. The van der Waals surface area contributed by atoms with Crippen molar-refractivity contribution < 1.29 is 14.3 Å². The zero-order valence-electron chi connectivity index (χ0n) is 13.3. The monoisotopic (exact) mass is 376 g/mol. The van der Waals surface area contributed by atoms with E-state index in [-0.39, 0.29) is 5.82 Å². The number of aromatic nitrogens is 3. The third-order valence-corrected chi connectivity index (χ3v) is 4.47. The minimum Gasteiger partial charge on any atom is -0.465 e. The predicted molar refractivity (Wildman–Crippen MR) is 94.7 cm³/mol. The molecule has 7 nitrogen and oxygen atoms in total. The van der Waals surface area contributed by atoms with Crippen LogP contribution in [0.5, 0.6) is 0 Å². The summed E-state index contributed by atoms with van der Waals surface area (Å²) < 4.78 is 6.23. The summed E-state index contributed by atoms with van der Waals surface area (Å²) in [7, 11) is 1.28. The molecule has 0 spiro atoms. The van der Waals surface area contributed by atoms with E-state index in [1.165, 1.54) is 18.4 Å². The second-order valence-electron chi connectivity index (χ2n) is 4.98. The fraction of sp³-hybridized carbons (Fsp3) is 0.125. The summed E-state index contributed by atoms with van der Waals surface area (Å²) in [5.74, 6) is -0.485. The van der Waals surface area contributed by atoms with Crippen LogP contribution in [0.4, 0.5) is 5.69 Å². The molecular weight excluding hydrogens is 364 g/mol. The molecule has 0 saturated carbocycles. The number of benzene rings is 1. The molecule has 1 aromatic carbocycles. The van der Waals surface area contributed by atoms with Crippen LogP contribution in [0, 0.1) is 6.92 Å². The lowest BCUT2D eigenvalue weighted by Crippen LogP contribution is -2.16. The van der Waals surface area contributed by atoms with Gasteiger partial charge >= 0.3 is 5.97 Å². The smallest absolute Gasteiger partial charge is 0.350 e. The van der Waals surface area contributed by atoms with Gasteiger partial charge in [-0.2, -0.15) is 0 Å². The van der Waals surface area contributed by atoms with Crippen molar-refractivity contribution in [3.8, 4) is 5.69 Å². The van der Waals surface area contributed by atoms with E-state index in [1.54, 1.807) is 47.3 Å². The number of hydrogen-bond acceptors (Lipinski definition) is 6. The van der Waals surface area contributed by atoms with E-state index in [2.05, 4.69) is 20.1 Å². The number of anilines is 1. The van der Waals surface area contributed by atoms with Crippen LogP contribution in [-0.4, -0.2) is 33.8 Å². The molecule has 0 aliphatic carbocycles. The number of esters is 1. The quantitative estimate of drug-likeness (QED) is 0.706. The summed E-state index contributed by atoms with van der Waals surface area (Å²) in [5, 5.41) is 9.15. The highest BCUT2D eigenvalue weighted by Gasteiger charge is 2.20. The number of amides is 1. The Morgan fingerprint density at radius 3 is 2.64 bits per heavy atom. The van der Waals surface area contributed by atoms with Gasteiger partial charge in [0.2, 0.25) is 5.82 Å². The SMILES string of the molecule is COC(=O)c1sccc1NC(=O)c1nc(C)n(-c2ccc(Cl)cc2)n1. The minimum absolute atomic E-state index is 0.00512. The van der Waals surface area contributed by atoms with Crippen LogP contribution >= 0.6 is 22.9 Å². The fourth-order valence-corrected chi connectivity index (χ4v) is 3.04. The van der Waals surface area contributed by atoms with Crippen LogP contribution < -0.4 is 5.32 Å². The average Bonchev–Trinajstić information content (AvgIpc) is 3.21. The van der Waals surface area contributed by atoms with Crippen molar-refractivity contribution >= 4 is 40.5 Å². The van der Waals surface area contributed by atoms with Crippen LogP contribution in [0.1, 0.15) is 26.1 Å². The standard InChI is InChI=1S/C16H13ClN4O3S/c1-9-18-14(20-21(9)11-5-3-10(17)4-6-11)15(22)19-12-7-8-25-13(12)16(23)24-2/h3-8H,1-2H3,(H,19,22). The zero-order valence-corrected chi connectivity index (χ0v) is 14.9. The van der Waals surface area contributed by atoms with Crippen LogP contribution in [0.25, 0.3) is 5.69 Å². The first-order valence-electron chi connectivity index (χ1n) is 7.16. The van der Waals surface area contributed by atoms with Crippen molar-refractivity contribution in [1.29, 1.82) is 0 Å². The molecule has 25 heavy (non-hydrogen) atoms. The first-order chi connectivity index (χ1) is 12.0. The van der Waals surface area contributed by atoms with Crippen molar-refractivity contribution in [1.82, 2.24) is 14.8 Å². The van der Waals surface area contributed by atoms with Crippen molar-refractivity contribution in [2.24, 2.45) is 0 Å². The second-order valence-corrected chi connectivity index (χ2v) is 6.33. The molecule has 0 aliphatic rings. The molecule has 2 aromatic heterocycles. The summed E-state index contributed by atoms with van der Waals surface area (Å²) in [5.41, 5.74) is 1.10. The maximum atomic E-state index is 12.4. The highest BCUT2D eigenvalue weighted by Crippen LogP contribution is 2.23. The molecular formula is C16H13ClN4O3S. The summed E-state index contributed by atoms with van der Waals surface area (Å²) in [4.78, 5) is 28.6. The van der Waals surface area contributed by atoms with Gasteiger partial charge in [-0.05, 0) is 42.6 Å². The molecule has 128 valence electrons. The number of hydrogen-bond donors (Lipinski definition) is 1. The van der Waals surface area contributed by atoms with E-state index in [1.807, 2.05) is 0 Å². The Morgan fingerprint density at radius 2 is 1.96 bits per heavy atom. The Balaban J connectivity index is 1.84. The summed E-state index contributed by atoms with van der Waals surface area (Å²) >= 11 is 7.06. The van der Waals surface area contributed by atoms with Crippen molar-refractivity contribution in [2.45, 2.75) is 6.92 Å². The average molecular weight is 377 g/mol. The third kappa shape index (κ3) is 3.54. The van der Waals surface area contributed by atoms with Crippen molar-refractivity contribution in [3.05, 3.63) is 57.3 Å². The van der Waals surface area contributed by atoms with E-state index in [9.17, 15) is 9.59 Å². The Labute approximate surface area is 152 Å². The van der Waals surface area contributed by atoms with Crippen LogP contribution in [0.3, 0.4) is 0 Å². The number of thiophene rings is 1. The Hall–Kier alpha value is -2.71. The number of rotatable bonds is 4. The van der Waals surface area contributed by atoms with Gasteiger partial charge in [-0.1, -0.05) is 11.6 Å². The van der Waals surface area contributed by atoms with E-state index in [0.717, 1.165) is 5.69 Å². The van der Waals surface area contributed by atoms with Crippen LogP contribution in [-0.2, 0) is 4.74 Å². The molecule has 0 unspecified atom stereocenters. The second kappa shape index (κ2) is 7.04. The van der Waals surface area contributed by atoms with E-state index < -0.39 is 11.9 Å². The number of halogens is 1. The Bertz CT molecular complexity index is 933. The zero-order chi connectivity index (χ0) is 18.0. The number of carbonyl (C=O) groups excluding carboxylic acids is 2. The molecule has 0 aliphatic heterocycles. The molecule has 0 saturated heterocycles. The molecule has 1 amide bonds. The number of ether oxygens (including phenoxy) is 1. The lowest BCUT2D eigenvalue weighted by molar-refractivity contribution is 0.0607. The topological polar surface area (TPSA) is 86.1 Å². The lowest BCUT2D eigenvalue weighted by Gasteiger charge is -2.03. The normalized spacial score (nSPS) is 10.5. The van der Waals surface area contributed by atoms with Crippen LogP contribution in [0.2, 0.25) is 5.02 Å². The summed E-state index contributed by atoms with van der Waals surface area (Å²) in [6.45, 7) is 1.74. The van der Waals surface area contributed by atoms with Gasteiger partial charge in [-0.3, -0.25) is 4.79 Å². The van der Waals surface area contributed by atoms with Crippen LogP contribution in [0.15, 0.2) is 35.7 Å². The fourth-order valence-electron chi connectivity index (χ4n) is 2.15. The summed E-state index contributed by atoms with van der Waals surface area (Å²) in [6.07, 6.45) is 0.